The average Bonchev–Trinajstić information content (AvgIpc) is 3.39. The molecular weight excluding hydrogens is 533 g/mol. The van der Waals surface area contributed by atoms with Gasteiger partial charge in [-0.3, -0.25) is 4.90 Å². The third-order valence-corrected chi connectivity index (χ3v) is 9.50. The molecule has 37 heavy (non-hydrogen) atoms. The van der Waals surface area contributed by atoms with Gasteiger partial charge in [0.1, 0.15) is 5.82 Å². The Kier molecular flexibility index (Phi) is 7.06. The maximum absolute atomic E-state index is 13.6. The van der Waals surface area contributed by atoms with Crippen LogP contribution in [0, 0.1) is 0 Å². The normalized spacial score (nSPS) is 18.5. The van der Waals surface area contributed by atoms with Crippen LogP contribution < -0.4 is 4.90 Å². The molecule has 2 aliphatic rings. The number of benzene rings is 2. The summed E-state index contributed by atoms with van der Waals surface area (Å²) in [7, 11) is -3.62. The molecular formula is C26H27Cl2N5O3S. The van der Waals surface area contributed by atoms with Gasteiger partial charge in [0.05, 0.1) is 27.2 Å². The number of nitrogens with zero attached hydrogens (tertiary/aromatic N) is 5. The molecule has 2 aromatic carbocycles. The molecule has 0 spiro atoms. The zero-order valence-corrected chi connectivity index (χ0v) is 22.8. The molecule has 1 aromatic heterocycles. The SMILES string of the molecule is CCc1ccc(S(=O)(=O)N2CCN(C(=O)N3C(C)=CC(c4ccc(Cl)c(Cl)c4)n4nccc43)CC2)cc1. The molecule has 194 valence electrons. The summed E-state index contributed by atoms with van der Waals surface area (Å²) in [6.45, 7) is 4.94. The minimum atomic E-state index is -3.62. The molecule has 5 rings (SSSR count). The fraction of sp³-hybridized carbons (Fsp3) is 0.308. The van der Waals surface area contributed by atoms with Crippen molar-refractivity contribution >= 4 is 45.1 Å². The molecule has 11 heteroatoms. The summed E-state index contributed by atoms with van der Waals surface area (Å²) in [6.07, 6.45) is 4.46. The number of rotatable bonds is 4. The van der Waals surface area contributed by atoms with Gasteiger partial charge in [0.25, 0.3) is 0 Å². The number of hydrogen-bond acceptors (Lipinski definition) is 4. The van der Waals surface area contributed by atoms with Crippen LogP contribution in [0.25, 0.3) is 0 Å². The van der Waals surface area contributed by atoms with E-state index in [0.717, 1.165) is 23.2 Å². The molecule has 1 unspecified atom stereocenters. The lowest BCUT2D eigenvalue weighted by Crippen LogP contribution is -2.54. The Hall–Kier alpha value is -2.85. The second-order valence-corrected chi connectivity index (χ2v) is 11.8. The van der Waals surface area contributed by atoms with E-state index in [-0.39, 0.29) is 30.1 Å². The van der Waals surface area contributed by atoms with E-state index in [0.29, 0.717) is 29.0 Å². The highest BCUT2D eigenvalue weighted by molar-refractivity contribution is 7.89. The molecule has 0 radical (unpaired) electrons. The molecule has 0 N–H and O–H groups in total. The van der Waals surface area contributed by atoms with Crippen molar-refractivity contribution in [1.29, 1.82) is 0 Å². The van der Waals surface area contributed by atoms with Gasteiger partial charge in [0.2, 0.25) is 10.0 Å². The quantitative estimate of drug-likeness (QED) is 0.440. The van der Waals surface area contributed by atoms with Crippen LogP contribution in [0.1, 0.15) is 31.0 Å². The number of aromatic nitrogens is 2. The summed E-state index contributed by atoms with van der Waals surface area (Å²) in [5.74, 6) is 0.632. The lowest BCUT2D eigenvalue weighted by Gasteiger charge is -2.39. The van der Waals surface area contributed by atoms with Crippen molar-refractivity contribution in [3.63, 3.8) is 0 Å². The molecule has 1 saturated heterocycles. The Morgan fingerprint density at radius 2 is 1.70 bits per heavy atom. The first-order valence-corrected chi connectivity index (χ1v) is 14.3. The van der Waals surface area contributed by atoms with Crippen LogP contribution in [0.15, 0.2) is 71.4 Å². The predicted octanol–water partition coefficient (Wildman–Crippen LogP) is 5.19. The van der Waals surface area contributed by atoms with Gasteiger partial charge in [0, 0.05) is 37.9 Å². The van der Waals surface area contributed by atoms with Crippen LogP contribution in [0.3, 0.4) is 0 Å². The zero-order valence-electron chi connectivity index (χ0n) is 20.5. The molecule has 1 atom stereocenters. The molecule has 8 nitrogen and oxygen atoms in total. The number of allylic oxidation sites excluding steroid dienone is 2. The van der Waals surface area contributed by atoms with Gasteiger partial charge >= 0.3 is 6.03 Å². The summed E-state index contributed by atoms with van der Waals surface area (Å²) in [6, 6.07) is 13.8. The molecule has 0 saturated carbocycles. The van der Waals surface area contributed by atoms with E-state index in [1.807, 2.05) is 38.1 Å². The van der Waals surface area contributed by atoms with Gasteiger partial charge in [-0.15, -0.1) is 0 Å². The highest BCUT2D eigenvalue weighted by Gasteiger charge is 2.36. The van der Waals surface area contributed by atoms with E-state index in [1.165, 1.54) is 4.31 Å². The second kappa shape index (κ2) is 10.1. The van der Waals surface area contributed by atoms with E-state index in [1.54, 1.807) is 51.0 Å². The first-order chi connectivity index (χ1) is 17.7. The van der Waals surface area contributed by atoms with Crippen molar-refractivity contribution in [1.82, 2.24) is 19.0 Å². The van der Waals surface area contributed by atoms with Crippen molar-refractivity contribution in [2.75, 3.05) is 31.1 Å². The van der Waals surface area contributed by atoms with Gasteiger partial charge in [-0.25, -0.2) is 17.9 Å². The number of anilines is 1. The first kappa shape index (κ1) is 25.8. The number of hydrogen-bond donors (Lipinski definition) is 0. The van der Waals surface area contributed by atoms with Gasteiger partial charge in [-0.05, 0) is 54.8 Å². The Balaban J connectivity index is 1.33. The fourth-order valence-electron chi connectivity index (χ4n) is 4.74. The summed E-state index contributed by atoms with van der Waals surface area (Å²) in [4.78, 5) is 17.2. The fourth-order valence-corrected chi connectivity index (χ4v) is 6.47. The topological polar surface area (TPSA) is 78.8 Å². The zero-order chi connectivity index (χ0) is 26.3. The van der Waals surface area contributed by atoms with Crippen molar-refractivity contribution in [2.24, 2.45) is 0 Å². The van der Waals surface area contributed by atoms with E-state index < -0.39 is 10.0 Å². The molecule has 0 aliphatic carbocycles. The van der Waals surface area contributed by atoms with Crippen LogP contribution in [0.5, 0.6) is 0 Å². The van der Waals surface area contributed by atoms with E-state index >= 15 is 0 Å². The van der Waals surface area contributed by atoms with Crippen LogP contribution in [0.2, 0.25) is 10.0 Å². The minimum Gasteiger partial charge on any atom is -0.321 e. The number of halogens is 2. The van der Waals surface area contributed by atoms with Crippen molar-refractivity contribution in [3.05, 3.63) is 87.7 Å². The second-order valence-electron chi connectivity index (χ2n) is 9.07. The summed E-state index contributed by atoms with van der Waals surface area (Å²) in [5, 5.41) is 5.39. The number of urea groups is 1. The maximum Gasteiger partial charge on any atom is 0.330 e. The number of amides is 2. The van der Waals surface area contributed by atoms with Crippen LogP contribution in [-0.2, 0) is 16.4 Å². The molecule has 1 fully saturated rings. The number of aryl methyl sites for hydroxylation is 1. The Bertz CT molecular complexity index is 1460. The van der Waals surface area contributed by atoms with E-state index in [2.05, 4.69) is 5.10 Å². The Labute approximate surface area is 226 Å². The number of fused-ring (bicyclic) bond motifs is 1. The van der Waals surface area contributed by atoms with Crippen LogP contribution in [-0.4, -0.2) is 59.6 Å². The number of carbonyl (C=O) groups is 1. The smallest absolute Gasteiger partial charge is 0.321 e. The van der Waals surface area contributed by atoms with E-state index in [4.69, 9.17) is 23.2 Å². The van der Waals surface area contributed by atoms with Crippen LogP contribution in [0.4, 0.5) is 10.6 Å². The monoisotopic (exact) mass is 559 g/mol. The molecule has 2 aliphatic heterocycles. The molecule has 3 aromatic rings. The molecule has 0 bridgehead atoms. The lowest BCUT2D eigenvalue weighted by molar-refractivity contribution is 0.179. The van der Waals surface area contributed by atoms with Gasteiger partial charge in [-0.1, -0.05) is 48.3 Å². The average molecular weight is 561 g/mol. The number of piperazine rings is 1. The van der Waals surface area contributed by atoms with Gasteiger partial charge in [-0.2, -0.15) is 9.40 Å². The standard InChI is InChI=1S/C26H27Cl2N5O3S/c1-3-19-4-7-21(8-5-19)37(35,36)31-14-12-30(13-15-31)26(34)32-18(2)16-24(33-25(32)10-11-29-33)20-6-9-22(27)23(28)17-20/h4-11,16-17,24H,3,12-15H2,1-2H3. The lowest BCUT2D eigenvalue weighted by atomic mass is 10.0. The summed E-state index contributed by atoms with van der Waals surface area (Å²) >= 11 is 12.3. The summed E-state index contributed by atoms with van der Waals surface area (Å²) in [5.41, 5.74) is 2.73. The number of sulfonamides is 1. The first-order valence-electron chi connectivity index (χ1n) is 12.1. The largest absolute Gasteiger partial charge is 0.330 e. The predicted molar refractivity (Wildman–Crippen MR) is 145 cm³/mol. The maximum atomic E-state index is 13.6. The van der Waals surface area contributed by atoms with Crippen molar-refractivity contribution < 1.29 is 13.2 Å². The van der Waals surface area contributed by atoms with Crippen molar-refractivity contribution in [3.8, 4) is 0 Å². The number of carbonyl (C=O) groups excluding carboxylic acids is 1. The van der Waals surface area contributed by atoms with Gasteiger partial charge < -0.3 is 4.90 Å². The third kappa shape index (κ3) is 4.77. The van der Waals surface area contributed by atoms with Crippen molar-refractivity contribution in [2.45, 2.75) is 31.2 Å². The minimum absolute atomic E-state index is 0.215. The Morgan fingerprint density at radius 1 is 1.00 bits per heavy atom. The molecule has 2 amide bonds. The van der Waals surface area contributed by atoms with Crippen LogP contribution >= 0.6 is 23.2 Å². The molecule has 3 heterocycles. The van der Waals surface area contributed by atoms with Gasteiger partial charge in [0.15, 0.2) is 0 Å². The van der Waals surface area contributed by atoms with E-state index in [9.17, 15) is 13.2 Å². The Morgan fingerprint density at radius 3 is 2.35 bits per heavy atom. The third-order valence-electron chi connectivity index (χ3n) is 6.85. The highest BCUT2D eigenvalue weighted by atomic mass is 35.5. The summed E-state index contributed by atoms with van der Waals surface area (Å²) < 4.78 is 29.5. The highest BCUT2D eigenvalue weighted by Crippen LogP contribution is 2.36.